The van der Waals surface area contributed by atoms with E-state index in [1.807, 2.05) is 0 Å². The number of nitrogens with two attached hydrogens (primary N) is 1. The van der Waals surface area contributed by atoms with Crippen LogP contribution in [0.3, 0.4) is 0 Å². The fraction of sp³-hybridized carbons (Fsp3) is 0.500. The average Bonchev–Trinajstić information content (AvgIpc) is 2.31. The Balaban J connectivity index is 2.09. The lowest BCUT2D eigenvalue weighted by Crippen LogP contribution is -2.34. The summed E-state index contributed by atoms with van der Waals surface area (Å²) in [6.45, 7) is 0. The van der Waals surface area contributed by atoms with E-state index < -0.39 is 4.92 Å². The minimum atomic E-state index is -0.472. The lowest BCUT2D eigenvalue weighted by molar-refractivity contribution is -0.384. The predicted molar refractivity (Wildman–Crippen MR) is 72.0 cm³/mol. The molecule has 0 aromatic heterocycles. The molecule has 2 rings (SSSR count). The molecule has 0 aliphatic heterocycles. The van der Waals surface area contributed by atoms with Crippen molar-refractivity contribution in [3.05, 3.63) is 33.3 Å². The van der Waals surface area contributed by atoms with Crippen LogP contribution in [0.25, 0.3) is 0 Å². The molecule has 2 unspecified atom stereocenters. The standard InChI is InChI=1S/C12H16ClN3O2/c13-11-5-4-10(7-12(11)16(17)18)15-9-3-1-2-8(14)6-9/h4-5,7-9,15H,1-3,6,14H2. The van der Waals surface area contributed by atoms with Crippen LogP contribution in [0.2, 0.25) is 5.02 Å². The van der Waals surface area contributed by atoms with Gasteiger partial charge in [-0.25, -0.2) is 0 Å². The molecule has 18 heavy (non-hydrogen) atoms. The highest BCUT2D eigenvalue weighted by molar-refractivity contribution is 6.32. The Hall–Kier alpha value is -1.33. The highest BCUT2D eigenvalue weighted by atomic mass is 35.5. The third-order valence-electron chi connectivity index (χ3n) is 3.23. The first-order valence-electron chi connectivity index (χ1n) is 6.02. The van der Waals surface area contributed by atoms with Gasteiger partial charge in [0.2, 0.25) is 0 Å². The number of nitrogens with one attached hydrogen (secondary N) is 1. The number of hydrogen-bond donors (Lipinski definition) is 2. The number of nitro groups is 1. The number of anilines is 1. The van der Waals surface area contributed by atoms with Crippen molar-refractivity contribution in [2.24, 2.45) is 5.73 Å². The molecule has 0 spiro atoms. The SMILES string of the molecule is NC1CCCC(Nc2ccc(Cl)c([N+](=O)[O-])c2)C1. The third-order valence-corrected chi connectivity index (χ3v) is 3.55. The van der Waals surface area contributed by atoms with E-state index in [0.717, 1.165) is 31.4 Å². The van der Waals surface area contributed by atoms with Crippen molar-refractivity contribution in [2.45, 2.75) is 37.8 Å². The number of benzene rings is 1. The molecule has 0 radical (unpaired) electrons. The van der Waals surface area contributed by atoms with Gasteiger partial charge in [-0.1, -0.05) is 11.6 Å². The zero-order chi connectivity index (χ0) is 13.1. The molecular weight excluding hydrogens is 254 g/mol. The summed E-state index contributed by atoms with van der Waals surface area (Å²) in [5, 5.41) is 14.2. The Bertz CT molecular complexity index is 453. The van der Waals surface area contributed by atoms with Gasteiger partial charge in [0.1, 0.15) is 5.02 Å². The highest BCUT2D eigenvalue weighted by Crippen LogP contribution is 2.29. The van der Waals surface area contributed by atoms with Gasteiger partial charge in [-0.05, 0) is 37.8 Å². The van der Waals surface area contributed by atoms with Crippen molar-refractivity contribution < 1.29 is 4.92 Å². The number of hydrogen-bond acceptors (Lipinski definition) is 4. The van der Waals surface area contributed by atoms with Gasteiger partial charge in [0.05, 0.1) is 4.92 Å². The molecule has 1 fully saturated rings. The number of rotatable bonds is 3. The zero-order valence-corrected chi connectivity index (χ0v) is 10.7. The van der Waals surface area contributed by atoms with Crippen LogP contribution in [-0.4, -0.2) is 17.0 Å². The molecule has 0 amide bonds. The lowest BCUT2D eigenvalue weighted by atomic mass is 9.91. The van der Waals surface area contributed by atoms with E-state index in [0.29, 0.717) is 0 Å². The largest absolute Gasteiger partial charge is 0.382 e. The van der Waals surface area contributed by atoms with Crippen LogP contribution in [0, 0.1) is 10.1 Å². The summed E-state index contributed by atoms with van der Waals surface area (Å²) in [4.78, 5) is 10.3. The number of nitro benzene ring substituents is 1. The number of nitrogens with zero attached hydrogens (tertiary/aromatic N) is 1. The van der Waals surface area contributed by atoms with Crippen molar-refractivity contribution in [1.29, 1.82) is 0 Å². The summed E-state index contributed by atoms with van der Waals surface area (Å²) in [5.74, 6) is 0. The van der Waals surface area contributed by atoms with Crippen LogP contribution in [0.5, 0.6) is 0 Å². The molecule has 1 saturated carbocycles. The molecular formula is C12H16ClN3O2. The summed E-state index contributed by atoms with van der Waals surface area (Å²) < 4.78 is 0. The van der Waals surface area contributed by atoms with Crippen molar-refractivity contribution in [2.75, 3.05) is 5.32 Å². The van der Waals surface area contributed by atoms with Crippen LogP contribution < -0.4 is 11.1 Å². The fourth-order valence-corrected chi connectivity index (χ4v) is 2.52. The summed E-state index contributed by atoms with van der Waals surface area (Å²) in [6.07, 6.45) is 4.09. The minimum Gasteiger partial charge on any atom is -0.382 e. The molecule has 6 heteroatoms. The Morgan fingerprint density at radius 1 is 1.44 bits per heavy atom. The van der Waals surface area contributed by atoms with Crippen molar-refractivity contribution in [3.63, 3.8) is 0 Å². The Labute approximate surface area is 110 Å². The van der Waals surface area contributed by atoms with E-state index in [-0.39, 0.29) is 22.8 Å². The second-order valence-corrected chi connectivity index (χ2v) is 5.10. The summed E-state index contributed by atoms with van der Waals surface area (Å²) >= 11 is 5.77. The summed E-state index contributed by atoms with van der Waals surface area (Å²) in [5.41, 5.74) is 6.57. The lowest BCUT2D eigenvalue weighted by Gasteiger charge is -2.28. The van der Waals surface area contributed by atoms with E-state index >= 15 is 0 Å². The Morgan fingerprint density at radius 2 is 2.22 bits per heavy atom. The second kappa shape index (κ2) is 5.54. The maximum Gasteiger partial charge on any atom is 0.289 e. The monoisotopic (exact) mass is 269 g/mol. The molecule has 1 aliphatic rings. The summed E-state index contributed by atoms with van der Waals surface area (Å²) in [6, 6.07) is 5.29. The van der Waals surface area contributed by atoms with E-state index in [9.17, 15) is 10.1 Å². The normalized spacial score (nSPS) is 23.7. The molecule has 0 heterocycles. The van der Waals surface area contributed by atoms with Crippen LogP contribution in [0.15, 0.2) is 18.2 Å². The molecule has 1 aliphatic carbocycles. The van der Waals surface area contributed by atoms with Gasteiger partial charge in [-0.15, -0.1) is 0 Å². The van der Waals surface area contributed by atoms with Crippen LogP contribution in [-0.2, 0) is 0 Å². The van der Waals surface area contributed by atoms with Gasteiger partial charge in [-0.3, -0.25) is 10.1 Å². The quantitative estimate of drug-likeness (QED) is 0.653. The molecule has 0 saturated heterocycles. The minimum absolute atomic E-state index is 0.0678. The summed E-state index contributed by atoms with van der Waals surface area (Å²) in [7, 11) is 0. The van der Waals surface area contributed by atoms with Crippen LogP contribution in [0.4, 0.5) is 11.4 Å². The molecule has 0 bridgehead atoms. The van der Waals surface area contributed by atoms with Gasteiger partial charge in [0.15, 0.2) is 0 Å². The smallest absolute Gasteiger partial charge is 0.289 e. The van der Waals surface area contributed by atoms with E-state index in [4.69, 9.17) is 17.3 Å². The van der Waals surface area contributed by atoms with E-state index in [1.165, 1.54) is 6.07 Å². The van der Waals surface area contributed by atoms with E-state index in [1.54, 1.807) is 12.1 Å². The van der Waals surface area contributed by atoms with Crippen LogP contribution in [0.1, 0.15) is 25.7 Å². The fourth-order valence-electron chi connectivity index (χ4n) is 2.34. The van der Waals surface area contributed by atoms with Gasteiger partial charge >= 0.3 is 0 Å². The van der Waals surface area contributed by atoms with E-state index in [2.05, 4.69) is 5.32 Å². The van der Waals surface area contributed by atoms with Crippen molar-refractivity contribution in [1.82, 2.24) is 0 Å². The van der Waals surface area contributed by atoms with Crippen molar-refractivity contribution in [3.8, 4) is 0 Å². The van der Waals surface area contributed by atoms with Gasteiger partial charge in [0, 0.05) is 23.8 Å². The predicted octanol–water partition coefficient (Wildman–Crippen LogP) is 2.93. The first kappa shape index (κ1) is 13.1. The van der Waals surface area contributed by atoms with Gasteiger partial charge in [-0.2, -0.15) is 0 Å². The topological polar surface area (TPSA) is 81.2 Å². The second-order valence-electron chi connectivity index (χ2n) is 4.69. The van der Waals surface area contributed by atoms with Gasteiger partial charge < -0.3 is 11.1 Å². The first-order chi connectivity index (χ1) is 8.56. The average molecular weight is 270 g/mol. The Morgan fingerprint density at radius 3 is 2.89 bits per heavy atom. The Kier molecular flexibility index (Phi) is 4.04. The van der Waals surface area contributed by atoms with Gasteiger partial charge in [0.25, 0.3) is 5.69 Å². The molecule has 2 atom stereocenters. The highest BCUT2D eigenvalue weighted by Gasteiger charge is 2.20. The van der Waals surface area contributed by atoms with Crippen LogP contribution >= 0.6 is 11.6 Å². The molecule has 1 aromatic rings. The number of halogens is 1. The zero-order valence-electron chi connectivity index (χ0n) is 9.93. The molecule has 98 valence electrons. The maximum atomic E-state index is 10.8. The molecule has 1 aromatic carbocycles. The molecule has 5 nitrogen and oxygen atoms in total. The maximum absolute atomic E-state index is 10.8. The first-order valence-corrected chi connectivity index (χ1v) is 6.40. The molecule has 3 N–H and O–H groups in total. The van der Waals surface area contributed by atoms with Crippen molar-refractivity contribution >= 4 is 23.0 Å². The third kappa shape index (κ3) is 3.11.